The summed E-state index contributed by atoms with van der Waals surface area (Å²) in [5, 5.41) is 22.8. The second kappa shape index (κ2) is 26.1. The van der Waals surface area contributed by atoms with Crippen molar-refractivity contribution in [1.82, 2.24) is 31.9 Å². The highest BCUT2D eigenvalue weighted by molar-refractivity contribution is 5.94. The first-order valence-electron chi connectivity index (χ1n) is 16.9. The van der Waals surface area contributed by atoms with Gasteiger partial charge in [0.2, 0.25) is 35.4 Å². The highest BCUT2D eigenvalue weighted by atomic mass is 19.4. The maximum absolute atomic E-state index is 13.5. The lowest BCUT2D eigenvalue weighted by Crippen LogP contribution is -2.57. The van der Waals surface area contributed by atoms with Gasteiger partial charge in [0.1, 0.15) is 30.9 Å². The average molecular weight is 770 g/mol. The van der Waals surface area contributed by atoms with Gasteiger partial charge >= 0.3 is 12.1 Å². The van der Waals surface area contributed by atoms with E-state index in [0.717, 1.165) is 0 Å². The van der Waals surface area contributed by atoms with Crippen LogP contribution in [-0.4, -0.2) is 122 Å². The number of carbonyl (C=O) groups excluding carboxylic acids is 6. The summed E-state index contributed by atoms with van der Waals surface area (Å²) in [5.41, 5.74) is 22.2. The van der Waals surface area contributed by atoms with E-state index in [1.807, 2.05) is 0 Å². The molecule has 1 heterocycles. The fourth-order valence-corrected chi connectivity index (χ4v) is 4.45. The number of guanidine groups is 1. The van der Waals surface area contributed by atoms with E-state index < -0.39 is 78.3 Å². The van der Waals surface area contributed by atoms with E-state index in [-0.39, 0.29) is 57.4 Å². The SMILES string of the molecule is CC(C)[C@@H]1NC(=O)CCNC(=O)CNC(=O)[C@H](N=C(N)N)CCOCNC(=O)[C@H](CCCCN)NC(=O)[C@H](CCCCN)NC1=O.O=C(O)C(F)(F)F. The molecule has 4 atom stereocenters. The second-order valence-electron chi connectivity index (χ2n) is 12.1. The van der Waals surface area contributed by atoms with Gasteiger partial charge in [-0.25, -0.2) is 9.79 Å². The molecule has 0 aromatic heterocycles. The smallest absolute Gasteiger partial charge is 0.475 e. The Balaban J connectivity index is 0.00000348. The van der Waals surface area contributed by atoms with Crippen molar-refractivity contribution in [2.24, 2.45) is 33.8 Å². The predicted octanol–water partition coefficient (Wildman–Crippen LogP) is -3.25. The van der Waals surface area contributed by atoms with Crippen LogP contribution in [0.4, 0.5) is 13.2 Å². The molecule has 1 aliphatic rings. The maximum atomic E-state index is 13.5. The first-order chi connectivity index (χ1) is 24.8. The molecule has 0 aromatic carbocycles. The number of carbonyl (C=O) groups is 7. The zero-order valence-electron chi connectivity index (χ0n) is 29.9. The van der Waals surface area contributed by atoms with Crippen LogP contribution in [0.1, 0.15) is 65.2 Å². The van der Waals surface area contributed by atoms with Gasteiger partial charge in [0.15, 0.2) is 5.96 Å². The summed E-state index contributed by atoms with van der Waals surface area (Å²) < 4.78 is 37.2. The lowest BCUT2D eigenvalue weighted by molar-refractivity contribution is -0.192. The first kappa shape index (κ1) is 48.2. The number of aliphatic carboxylic acids is 1. The fourth-order valence-electron chi connectivity index (χ4n) is 4.45. The Morgan fingerprint density at radius 2 is 1.38 bits per heavy atom. The molecule has 0 aliphatic carbocycles. The number of hydrogen-bond donors (Lipinski definition) is 11. The molecule has 23 heteroatoms. The average Bonchev–Trinajstić information content (AvgIpc) is 3.07. The van der Waals surface area contributed by atoms with Crippen molar-refractivity contribution < 1.29 is 56.6 Å². The molecule has 0 unspecified atom stereocenters. The molecule has 0 radical (unpaired) electrons. The third-order valence-electron chi connectivity index (χ3n) is 7.26. The Morgan fingerprint density at radius 1 is 0.830 bits per heavy atom. The van der Waals surface area contributed by atoms with Crippen LogP contribution in [0.15, 0.2) is 4.99 Å². The standard InChI is InChI=1S/C28H53N11O7.C2HF3O2/c1-17(2)23-27(45)37-19(8-4-6-12-30)26(44)36-18(7-3-5-11-29)25(43)35-16-46-14-10-20(38-28(31)32)24(42)34-15-22(41)33-13-9-21(40)39-23;3-2(4,5)1(6)7/h17-20,23H,3-16,29-30H2,1-2H3,(H,33,41)(H,34,42)(H,35,43)(H,36,44)(H,37,45)(H,39,40)(H4,31,32,38);(H,6,7)/t18-,19-,20+,23-;/m0./s1. The minimum Gasteiger partial charge on any atom is -0.475 e. The van der Waals surface area contributed by atoms with Crippen LogP contribution in [0.3, 0.4) is 0 Å². The fraction of sp³-hybridized carbons (Fsp3) is 0.733. The van der Waals surface area contributed by atoms with Crippen LogP contribution in [-0.2, 0) is 38.3 Å². The molecule has 6 amide bonds. The number of nitrogens with one attached hydrogen (secondary N) is 6. The molecule has 0 spiro atoms. The molecule has 15 N–H and O–H groups in total. The van der Waals surface area contributed by atoms with Gasteiger partial charge < -0.3 is 64.7 Å². The number of aliphatic imine (C=N–C) groups is 1. The number of ether oxygens (including phenoxy) is 1. The number of amides is 6. The zero-order valence-corrected chi connectivity index (χ0v) is 29.9. The Bertz CT molecular complexity index is 1240. The number of alkyl halides is 3. The number of rotatable bonds is 10. The molecule has 1 fully saturated rings. The second-order valence-corrected chi connectivity index (χ2v) is 12.1. The number of carboxylic acids is 1. The molecular weight excluding hydrogens is 715 g/mol. The van der Waals surface area contributed by atoms with Crippen LogP contribution >= 0.6 is 0 Å². The van der Waals surface area contributed by atoms with E-state index in [4.69, 9.17) is 37.6 Å². The quantitative estimate of drug-likeness (QED) is 0.0592. The Labute approximate surface area is 304 Å². The van der Waals surface area contributed by atoms with E-state index in [0.29, 0.717) is 38.8 Å². The third kappa shape index (κ3) is 22.0. The highest BCUT2D eigenvalue weighted by Gasteiger charge is 2.38. The van der Waals surface area contributed by atoms with Crippen LogP contribution in [0.2, 0.25) is 0 Å². The molecule has 304 valence electrons. The number of halogens is 3. The van der Waals surface area contributed by atoms with Gasteiger partial charge in [-0.1, -0.05) is 13.8 Å². The number of nitrogens with two attached hydrogens (primary N) is 4. The number of carboxylic acid groups (broad SMARTS) is 1. The lowest BCUT2D eigenvalue weighted by atomic mass is 10.0. The van der Waals surface area contributed by atoms with Crippen molar-refractivity contribution >= 4 is 47.4 Å². The van der Waals surface area contributed by atoms with Crippen molar-refractivity contribution in [1.29, 1.82) is 0 Å². The van der Waals surface area contributed by atoms with Crippen molar-refractivity contribution in [2.75, 3.05) is 39.5 Å². The van der Waals surface area contributed by atoms with Crippen molar-refractivity contribution in [3.05, 3.63) is 0 Å². The summed E-state index contributed by atoms with van der Waals surface area (Å²) in [7, 11) is 0. The van der Waals surface area contributed by atoms with Crippen LogP contribution in [0, 0.1) is 5.92 Å². The molecule has 0 saturated carbocycles. The normalized spacial score (nSPS) is 22.0. The van der Waals surface area contributed by atoms with E-state index in [1.54, 1.807) is 13.8 Å². The van der Waals surface area contributed by atoms with Gasteiger partial charge in [0.05, 0.1) is 13.2 Å². The minimum atomic E-state index is -5.08. The van der Waals surface area contributed by atoms with Gasteiger partial charge in [-0.2, -0.15) is 13.2 Å². The number of unbranched alkanes of at least 4 members (excludes halogenated alkanes) is 2. The third-order valence-corrected chi connectivity index (χ3v) is 7.26. The summed E-state index contributed by atoms with van der Waals surface area (Å²) in [6.45, 7) is 3.53. The molecule has 53 heavy (non-hydrogen) atoms. The van der Waals surface area contributed by atoms with Crippen LogP contribution in [0.5, 0.6) is 0 Å². The monoisotopic (exact) mass is 769 g/mol. The van der Waals surface area contributed by atoms with E-state index in [9.17, 15) is 41.9 Å². The molecule has 0 bridgehead atoms. The van der Waals surface area contributed by atoms with Gasteiger partial charge in [-0.15, -0.1) is 0 Å². The molecule has 1 saturated heterocycles. The molecule has 1 aliphatic heterocycles. The van der Waals surface area contributed by atoms with Gasteiger partial charge in [-0.3, -0.25) is 28.8 Å². The van der Waals surface area contributed by atoms with Crippen LogP contribution in [0.25, 0.3) is 0 Å². The summed E-state index contributed by atoms with van der Waals surface area (Å²) in [4.78, 5) is 90.2. The highest BCUT2D eigenvalue weighted by Crippen LogP contribution is 2.13. The lowest BCUT2D eigenvalue weighted by Gasteiger charge is -2.27. The van der Waals surface area contributed by atoms with Gasteiger partial charge in [0.25, 0.3) is 0 Å². The van der Waals surface area contributed by atoms with Gasteiger partial charge in [-0.05, 0) is 57.5 Å². The Kier molecular flexibility index (Phi) is 23.7. The van der Waals surface area contributed by atoms with Gasteiger partial charge in [0, 0.05) is 19.4 Å². The van der Waals surface area contributed by atoms with Crippen molar-refractivity contribution in [3.63, 3.8) is 0 Å². The van der Waals surface area contributed by atoms with E-state index in [2.05, 4.69) is 36.9 Å². The molecular formula is C30H54F3N11O9. The summed E-state index contributed by atoms with van der Waals surface area (Å²) in [5.74, 6) is -6.82. The molecule has 0 aromatic rings. The van der Waals surface area contributed by atoms with Crippen molar-refractivity contribution in [2.45, 2.75) is 95.6 Å². The van der Waals surface area contributed by atoms with E-state index >= 15 is 0 Å². The molecule has 1 rings (SSSR count). The zero-order chi connectivity index (χ0) is 40.6. The summed E-state index contributed by atoms with van der Waals surface area (Å²) in [6, 6.07) is -4.01. The number of nitrogens with zero attached hydrogens (tertiary/aromatic N) is 1. The largest absolute Gasteiger partial charge is 0.490 e. The predicted molar refractivity (Wildman–Crippen MR) is 184 cm³/mol. The van der Waals surface area contributed by atoms with Crippen molar-refractivity contribution in [3.8, 4) is 0 Å². The minimum absolute atomic E-state index is 0.0270. The van der Waals surface area contributed by atoms with E-state index in [1.165, 1.54) is 0 Å². The maximum Gasteiger partial charge on any atom is 0.490 e. The number of hydrogen-bond acceptors (Lipinski definition) is 11. The Morgan fingerprint density at radius 3 is 1.89 bits per heavy atom. The summed E-state index contributed by atoms with van der Waals surface area (Å²) >= 11 is 0. The molecule has 20 nitrogen and oxygen atoms in total. The van der Waals surface area contributed by atoms with Crippen LogP contribution < -0.4 is 54.8 Å². The Hall–Kier alpha value is -4.77. The first-order valence-corrected chi connectivity index (χ1v) is 16.9. The topological polar surface area (TPSA) is 338 Å². The summed E-state index contributed by atoms with van der Waals surface area (Å²) in [6.07, 6.45) is -2.36.